The Balaban J connectivity index is 1.82. The Morgan fingerprint density at radius 1 is 1.55 bits per heavy atom. The van der Waals surface area contributed by atoms with Gasteiger partial charge in [-0.25, -0.2) is 9.78 Å². The minimum Gasteiger partial charge on any atom is -0.478 e. The molecule has 1 aliphatic heterocycles. The molecule has 1 saturated heterocycles. The average Bonchev–Trinajstić information content (AvgIpc) is 2.42. The largest absolute Gasteiger partial charge is 0.478 e. The Labute approximate surface area is 119 Å². The van der Waals surface area contributed by atoms with Crippen molar-refractivity contribution in [2.75, 3.05) is 37.7 Å². The zero-order valence-electron chi connectivity index (χ0n) is 11.8. The lowest BCUT2D eigenvalue weighted by atomic mass is 9.94. The SMILES string of the molecule is CN1CCC(CCNc2cc(C(=O)O)c(N)cn2)CC1. The number of nitrogen functional groups attached to an aromatic ring is 1. The molecule has 20 heavy (non-hydrogen) atoms. The number of carboxylic acids is 1. The maximum absolute atomic E-state index is 11.0. The molecule has 6 nitrogen and oxygen atoms in total. The zero-order valence-corrected chi connectivity index (χ0v) is 11.8. The van der Waals surface area contributed by atoms with E-state index in [2.05, 4.69) is 22.2 Å². The van der Waals surface area contributed by atoms with Crippen molar-refractivity contribution < 1.29 is 9.90 Å². The molecule has 0 radical (unpaired) electrons. The van der Waals surface area contributed by atoms with Crippen LogP contribution in [0.5, 0.6) is 0 Å². The van der Waals surface area contributed by atoms with E-state index in [4.69, 9.17) is 10.8 Å². The topological polar surface area (TPSA) is 91.5 Å². The first kappa shape index (κ1) is 14.6. The molecule has 110 valence electrons. The summed E-state index contributed by atoms with van der Waals surface area (Å²) >= 11 is 0. The van der Waals surface area contributed by atoms with Crippen LogP contribution >= 0.6 is 0 Å². The van der Waals surface area contributed by atoms with Crippen molar-refractivity contribution in [2.45, 2.75) is 19.3 Å². The van der Waals surface area contributed by atoms with Gasteiger partial charge >= 0.3 is 5.97 Å². The van der Waals surface area contributed by atoms with Crippen LogP contribution in [-0.4, -0.2) is 47.6 Å². The van der Waals surface area contributed by atoms with Gasteiger partial charge < -0.3 is 21.1 Å². The van der Waals surface area contributed by atoms with E-state index >= 15 is 0 Å². The van der Waals surface area contributed by atoms with E-state index in [-0.39, 0.29) is 11.3 Å². The average molecular weight is 278 g/mol. The lowest BCUT2D eigenvalue weighted by Crippen LogP contribution is -2.30. The Hall–Kier alpha value is -1.82. The number of carboxylic acid groups (broad SMARTS) is 1. The molecule has 0 unspecified atom stereocenters. The molecule has 0 atom stereocenters. The fraction of sp³-hybridized carbons (Fsp3) is 0.571. The molecule has 1 aliphatic rings. The first-order valence-electron chi connectivity index (χ1n) is 6.97. The number of likely N-dealkylation sites (tertiary alicyclic amines) is 1. The molecule has 0 bridgehead atoms. The molecule has 2 rings (SSSR count). The number of nitrogens with zero attached hydrogens (tertiary/aromatic N) is 2. The molecule has 0 aromatic carbocycles. The van der Waals surface area contributed by atoms with E-state index in [0.717, 1.165) is 32.0 Å². The maximum Gasteiger partial charge on any atom is 0.337 e. The van der Waals surface area contributed by atoms with Gasteiger partial charge in [0.05, 0.1) is 17.4 Å². The number of nitrogens with one attached hydrogen (secondary N) is 1. The summed E-state index contributed by atoms with van der Waals surface area (Å²) < 4.78 is 0. The van der Waals surface area contributed by atoms with Crippen LogP contribution in [0, 0.1) is 5.92 Å². The predicted octanol–water partition coefficient (Wildman–Crippen LogP) is 1.51. The first-order valence-corrected chi connectivity index (χ1v) is 6.97. The van der Waals surface area contributed by atoms with Crippen LogP contribution in [0.3, 0.4) is 0 Å². The number of hydrogen-bond donors (Lipinski definition) is 3. The summed E-state index contributed by atoms with van der Waals surface area (Å²) in [6.07, 6.45) is 4.94. The maximum atomic E-state index is 11.0. The van der Waals surface area contributed by atoms with Crippen molar-refractivity contribution in [3.8, 4) is 0 Å². The molecule has 0 spiro atoms. The van der Waals surface area contributed by atoms with Crippen molar-refractivity contribution in [3.63, 3.8) is 0 Å². The fourth-order valence-corrected chi connectivity index (χ4v) is 2.50. The summed E-state index contributed by atoms with van der Waals surface area (Å²) in [6.45, 7) is 3.13. The van der Waals surface area contributed by atoms with Crippen molar-refractivity contribution in [3.05, 3.63) is 17.8 Å². The highest BCUT2D eigenvalue weighted by Crippen LogP contribution is 2.20. The van der Waals surface area contributed by atoms with Gasteiger partial charge in [-0.1, -0.05) is 0 Å². The molecule has 1 aromatic rings. The molecule has 1 aromatic heterocycles. The van der Waals surface area contributed by atoms with Gasteiger partial charge in [0.25, 0.3) is 0 Å². The third-order valence-corrected chi connectivity index (χ3v) is 3.86. The summed E-state index contributed by atoms with van der Waals surface area (Å²) in [5, 5.41) is 12.2. The van der Waals surface area contributed by atoms with Crippen molar-refractivity contribution in [1.29, 1.82) is 0 Å². The van der Waals surface area contributed by atoms with Gasteiger partial charge in [0.15, 0.2) is 0 Å². The van der Waals surface area contributed by atoms with Crippen LogP contribution < -0.4 is 11.1 Å². The van der Waals surface area contributed by atoms with E-state index in [0.29, 0.717) is 5.82 Å². The number of aromatic nitrogens is 1. The van der Waals surface area contributed by atoms with E-state index in [1.54, 1.807) is 0 Å². The highest BCUT2D eigenvalue weighted by atomic mass is 16.4. The Kier molecular flexibility index (Phi) is 4.79. The second-order valence-corrected chi connectivity index (χ2v) is 5.42. The van der Waals surface area contributed by atoms with Gasteiger partial charge in [0.1, 0.15) is 5.82 Å². The van der Waals surface area contributed by atoms with Gasteiger partial charge in [-0.05, 0) is 51.4 Å². The highest BCUT2D eigenvalue weighted by Gasteiger charge is 2.16. The molecule has 2 heterocycles. The highest BCUT2D eigenvalue weighted by molar-refractivity contribution is 5.94. The van der Waals surface area contributed by atoms with Gasteiger partial charge in [0, 0.05) is 6.54 Å². The number of rotatable bonds is 5. The van der Waals surface area contributed by atoms with Gasteiger partial charge in [-0.3, -0.25) is 0 Å². The van der Waals surface area contributed by atoms with Crippen LogP contribution in [0.25, 0.3) is 0 Å². The van der Waals surface area contributed by atoms with E-state index in [9.17, 15) is 4.79 Å². The number of hydrogen-bond acceptors (Lipinski definition) is 5. The first-order chi connectivity index (χ1) is 9.56. The molecule has 6 heteroatoms. The lowest BCUT2D eigenvalue weighted by molar-refractivity contribution is 0.0698. The summed E-state index contributed by atoms with van der Waals surface area (Å²) in [7, 11) is 2.15. The van der Waals surface area contributed by atoms with Crippen molar-refractivity contribution in [2.24, 2.45) is 5.92 Å². The number of pyridine rings is 1. The summed E-state index contributed by atoms with van der Waals surface area (Å²) in [4.78, 5) is 17.4. The monoisotopic (exact) mass is 278 g/mol. The zero-order chi connectivity index (χ0) is 14.5. The summed E-state index contributed by atoms with van der Waals surface area (Å²) in [6, 6.07) is 1.49. The minimum atomic E-state index is -1.02. The quantitative estimate of drug-likeness (QED) is 0.756. The Morgan fingerprint density at radius 2 is 2.25 bits per heavy atom. The minimum absolute atomic E-state index is 0.0989. The lowest BCUT2D eigenvalue weighted by Gasteiger charge is -2.28. The molecule has 0 amide bonds. The predicted molar refractivity (Wildman–Crippen MR) is 78.9 cm³/mol. The fourth-order valence-electron chi connectivity index (χ4n) is 2.50. The molecule has 0 saturated carbocycles. The van der Waals surface area contributed by atoms with Crippen LogP contribution in [0.1, 0.15) is 29.6 Å². The third-order valence-electron chi connectivity index (χ3n) is 3.86. The van der Waals surface area contributed by atoms with E-state index in [1.165, 1.54) is 25.1 Å². The molecule has 1 fully saturated rings. The van der Waals surface area contributed by atoms with Crippen LogP contribution in [0.15, 0.2) is 12.3 Å². The van der Waals surface area contributed by atoms with Gasteiger partial charge in [0.2, 0.25) is 0 Å². The van der Waals surface area contributed by atoms with Crippen LogP contribution in [0.4, 0.5) is 11.5 Å². The van der Waals surface area contributed by atoms with Gasteiger partial charge in [-0.15, -0.1) is 0 Å². The van der Waals surface area contributed by atoms with Crippen molar-refractivity contribution >= 4 is 17.5 Å². The second kappa shape index (κ2) is 6.56. The number of aromatic carboxylic acids is 1. The van der Waals surface area contributed by atoms with Crippen LogP contribution in [0.2, 0.25) is 0 Å². The molecule has 0 aliphatic carbocycles. The summed E-state index contributed by atoms with van der Waals surface area (Å²) in [5.41, 5.74) is 5.87. The van der Waals surface area contributed by atoms with Crippen LogP contribution in [-0.2, 0) is 0 Å². The Bertz CT molecular complexity index is 470. The third kappa shape index (κ3) is 3.84. The number of piperidine rings is 1. The molecule has 4 N–H and O–H groups in total. The molecular formula is C14H22N4O2. The Morgan fingerprint density at radius 3 is 2.90 bits per heavy atom. The normalized spacial score (nSPS) is 17.1. The van der Waals surface area contributed by atoms with E-state index in [1.807, 2.05) is 0 Å². The van der Waals surface area contributed by atoms with E-state index < -0.39 is 5.97 Å². The number of nitrogens with two attached hydrogens (primary N) is 1. The second-order valence-electron chi connectivity index (χ2n) is 5.42. The number of anilines is 2. The van der Waals surface area contributed by atoms with Gasteiger partial charge in [-0.2, -0.15) is 0 Å². The summed E-state index contributed by atoms with van der Waals surface area (Å²) in [5.74, 6) is 0.291. The van der Waals surface area contributed by atoms with Crippen molar-refractivity contribution in [1.82, 2.24) is 9.88 Å². The number of carbonyl (C=O) groups is 1. The molecular weight excluding hydrogens is 256 g/mol. The smallest absolute Gasteiger partial charge is 0.337 e. The standard InChI is InChI=1S/C14H22N4O2/c1-18-6-3-10(4-7-18)2-5-16-13-8-11(14(19)20)12(15)9-17-13/h8-10H,2-7,15H2,1H3,(H,16,17)(H,19,20).